The van der Waals surface area contributed by atoms with Gasteiger partial charge >= 0.3 is 0 Å². The molecule has 1 heterocycles. The minimum atomic E-state index is -0.472. The number of rotatable bonds is 6. The maximum Gasteiger partial charge on any atom is 0.262 e. The second-order valence-corrected chi connectivity index (χ2v) is 4.23. The van der Waals surface area contributed by atoms with Crippen molar-refractivity contribution in [2.75, 3.05) is 6.61 Å². The molecule has 2 rings (SSSR count). The molecule has 0 aliphatic rings. The maximum absolute atomic E-state index is 13.9. The van der Waals surface area contributed by atoms with E-state index in [2.05, 4.69) is 4.98 Å². The molecule has 0 saturated carbocycles. The SMILES string of the molecule is CCCOc1cccnc1Oc1ccc(CN)cc1F. The summed E-state index contributed by atoms with van der Waals surface area (Å²) in [5.74, 6) is 0.374. The van der Waals surface area contributed by atoms with Crippen molar-refractivity contribution < 1.29 is 13.9 Å². The molecule has 1 aromatic heterocycles. The zero-order valence-electron chi connectivity index (χ0n) is 11.3. The summed E-state index contributed by atoms with van der Waals surface area (Å²) in [6.45, 7) is 2.84. The smallest absolute Gasteiger partial charge is 0.262 e. The fourth-order valence-electron chi connectivity index (χ4n) is 1.63. The predicted octanol–water partition coefficient (Wildman–Crippen LogP) is 3.26. The van der Waals surface area contributed by atoms with Gasteiger partial charge in [0.15, 0.2) is 17.3 Å². The standard InChI is InChI=1S/C15H17FN2O2/c1-2-8-19-14-4-3-7-18-15(14)20-13-6-5-11(10-17)9-12(13)16/h3-7,9H,2,8,10,17H2,1H3. The Labute approximate surface area is 117 Å². The van der Waals surface area contributed by atoms with Crippen LogP contribution in [0.4, 0.5) is 4.39 Å². The lowest BCUT2D eigenvalue weighted by Gasteiger charge is -2.11. The molecule has 0 bridgehead atoms. The molecule has 4 nitrogen and oxygen atoms in total. The number of nitrogens with two attached hydrogens (primary N) is 1. The van der Waals surface area contributed by atoms with Crippen LogP contribution < -0.4 is 15.2 Å². The second-order valence-electron chi connectivity index (χ2n) is 4.23. The van der Waals surface area contributed by atoms with Crippen LogP contribution in [-0.2, 0) is 6.54 Å². The molecule has 0 fully saturated rings. The zero-order chi connectivity index (χ0) is 14.4. The Morgan fingerprint density at radius 3 is 2.80 bits per heavy atom. The molecule has 0 aliphatic carbocycles. The third kappa shape index (κ3) is 3.45. The number of aromatic nitrogens is 1. The van der Waals surface area contributed by atoms with Gasteiger partial charge in [-0.25, -0.2) is 9.37 Å². The van der Waals surface area contributed by atoms with Crippen LogP contribution in [0.25, 0.3) is 0 Å². The van der Waals surface area contributed by atoms with Crippen LogP contribution in [0, 0.1) is 5.82 Å². The number of hydrogen-bond donors (Lipinski definition) is 1. The normalized spacial score (nSPS) is 10.3. The molecule has 5 heteroatoms. The van der Waals surface area contributed by atoms with Crippen LogP contribution in [0.1, 0.15) is 18.9 Å². The lowest BCUT2D eigenvalue weighted by atomic mass is 10.2. The van der Waals surface area contributed by atoms with Gasteiger partial charge in [0.1, 0.15) is 0 Å². The van der Waals surface area contributed by atoms with E-state index in [1.807, 2.05) is 6.92 Å². The Kier molecular flexibility index (Phi) is 4.90. The maximum atomic E-state index is 13.9. The minimum Gasteiger partial charge on any atom is -0.488 e. The van der Waals surface area contributed by atoms with Gasteiger partial charge in [-0.2, -0.15) is 0 Å². The molecule has 0 saturated heterocycles. The molecular formula is C15H17FN2O2. The van der Waals surface area contributed by atoms with Gasteiger partial charge in [-0.1, -0.05) is 13.0 Å². The van der Waals surface area contributed by atoms with Gasteiger partial charge < -0.3 is 15.2 Å². The monoisotopic (exact) mass is 276 g/mol. The van der Waals surface area contributed by atoms with E-state index in [9.17, 15) is 4.39 Å². The van der Waals surface area contributed by atoms with Gasteiger partial charge in [0.05, 0.1) is 6.61 Å². The van der Waals surface area contributed by atoms with Gasteiger partial charge in [0.2, 0.25) is 0 Å². The highest BCUT2D eigenvalue weighted by Gasteiger charge is 2.11. The largest absolute Gasteiger partial charge is 0.488 e. The fourth-order valence-corrected chi connectivity index (χ4v) is 1.63. The highest BCUT2D eigenvalue weighted by atomic mass is 19.1. The van der Waals surface area contributed by atoms with Crippen molar-refractivity contribution in [1.29, 1.82) is 0 Å². The molecule has 20 heavy (non-hydrogen) atoms. The third-order valence-corrected chi connectivity index (χ3v) is 2.64. The molecule has 0 atom stereocenters. The van der Waals surface area contributed by atoms with Gasteiger partial charge in [0, 0.05) is 12.7 Å². The van der Waals surface area contributed by atoms with Gasteiger partial charge in [-0.05, 0) is 36.2 Å². The van der Waals surface area contributed by atoms with E-state index in [-0.39, 0.29) is 18.2 Å². The summed E-state index contributed by atoms with van der Waals surface area (Å²) < 4.78 is 24.9. The van der Waals surface area contributed by atoms with Crippen molar-refractivity contribution in [3.05, 3.63) is 47.9 Å². The molecule has 106 valence electrons. The Morgan fingerprint density at radius 2 is 2.10 bits per heavy atom. The molecule has 0 aliphatic heterocycles. The quantitative estimate of drug-likeness (QED) is 0.879. The Morgan fingerprint density at radius 1 is 1.25 bits per heavy atom. The Hall–Kier alpha value is -2.14. The topological polar surface area (TPSA) is 57.4 Å². The first-order valence-corrected chi connectivity index (χ1v) is 6.48. The number of nitrogens with zero attached hydrogens (tertiary/aromatic N) is 1. The molecule has 0 spiro atoms. The lowest BCUT2D eigenvalue weighted by molar-refractivity contribution is 0.296. The van der Waals surface area contributed by atoms with E-state index in [0.29, 0.717) is 17.9 Å². The van der Waals surface area contributed by atoms with Crippen molar-refractivity contribution in [3.63, 3.8) is 0 Å². The number of pyridine rings is 1. The highest BCUT2D eigenvalue weighted by molar-refractivity contribution is 5.38. The number of ether oxygens (including phenoxy) is 2. The lowest BCUT2D eigenvalue weighted by Crippen LogP contribution is -2.00. The summed E-state index contributed by atoms with van der Waals surface area (Å²) in [4.78, 5) is 4.07. The summed E-state index contributed by atoms with van der Waals surface area (Å²) in [5.41, 5.74) is 6.17. The zero-order valence-corrected chi connectivity index (χ0v) is 11.3. The molecular weight excluding hydrogens is 259 g/mol. The summed E-state index contributed by atoms with van der Waals surface area (Å²) in [5, 5.41) is 0. The minimum absolute atomic E-state index is 0.0993. The summed E-state index contributed by atoms with van der Waals surface area (Å²) in [6, 6.07) is 8.09. The highest BCUT2D eigenvalue weighted by Crippen LogP contribution is 2.30. The van der Waals surface area contributed by atoms with Crippen LogP contribution in [0.15, 0.2) is 36.5 Å². The molecule has 0 radical (unpaired) electrons. The summed E-state index contributed by atoms with van der Waals surface area (Å²) >= 11 is 0. The van der Waals surface area contributed by atoms with E-state index in [4.69, 9.17) is 15.2 Å². The molecule has 0 unspecified atom stereocenters. The van der Waals surface area contributed by atoms with E-state index in [0.717, 1.165) is 6.42 Å². The van der Waals surface area contributed by atoms with Crippen LogP contribution in [0.2, 0.25) is 0 Å². The summed E-state index contributed by atoms with van der Waals surface area (Å²) in [7, 11) is 0. The average Bonchev–Trinajstić information content (AvgIpc) is 2.48. The van der Waals surface area contributed by atoms with Crippen molar-refractivity contribution in [1.82, 2.24) is 4.98 Å². The van der Waals surface area contributed by atoms with Crippen LogP contribution >= 0.6 is 0 Å². The van der Waals surface area contributed by atoms with Crippen molar-refractivity contribution in [3.8, 4) is 17.4 Å². The van der Waals surface area contributed by atoms with Gasteiger partial charge in [-0.3, -0.25) is 0 Å². The van der Waals surface area contributed by atoms with Gasteiger partial charge in [-0.15, -0.1) is 0 Å². The number of benzene rings is 1. The fraction of sp³-hybridized carbons (Fsp3) is 0.267. The van der Waals surface area contributed by atoms with Crippen LogP contribution in [-0.4, -0.2) is 11.6 Å². The molecule has 2 N–H and O–H groups in total. The predicted molar refractivity (Wildman–Crippen MR) is 74.4 cm³/mol. The first-order valence-electron chi connectivity index (χ1n) is 6.48. The van der Waals surface area contributed by atoms with Gasteiger partial charge in [0.25, 0.3) is 5.88 Å². The average molecular weight is 276 g/mol. The van der Waals surface area contributed by atoms with Crippen molar-refractivity contribution >= 4 is 0 Å². The van der Waals surface area contributed by atoms with Crippen molar-refractivity contribution in [2.24, 2.45) is 5.73 Å². The first-order chi connectivity index (χ1) is 9.74. The molecule has 1 aromatic carbocycles. The van der Waals surface area contributed by atoms with Crippen molar-refractivity contribution in [2.45, 2.75) is 19.9 Å². The third-order valence-electron chi connectivity index (χ3n) is 2.64. The van der Waals surface area contributed by atoms with E-state index in [1.165, 1.54) is 12.1 Å². The summed E-state index contributed by atoms with van der Waals surface area (Å²) in [6.07, 6.45) is 2.44. The van der Waals surface area contributed by atoms with Crippen LogP contribution in [0.3, 0.4) is 0 Å². The molecule has 0 amide bonds. The van der Waals surface area contributed by atoms with E-state index >= 15 is 0 Å². The first kappa shape index (κ1) is 14.3. The van der Waals surface area contributed by atoms with Crippen LogP contribution in [0.5, 0.6) is 17.4 Å². The second kappa shape index (κ2) is 6.86. The Bertz CT molecular complexity index is 576. The van der Waals surface area contributed by atoms with E-state index in [1.54, 1.807) is 24.4 Å². The van der Waals surface area contributed by atoms with E-state index < -0.39 is 5.82 Å². The Balaban J connectivity index is 2.21. The molecule has 2 aromatic rings. The number of hydrogen-bond acceptors (Lipinski definition) is 4. The number of halogens is 1.